The van der Waals surface area contributed by atoms with Gasteiger partial charge in [-0.3, -0.25) is 0 Å². The maximum atomic E-state index is 8.69. The fourth-order valence-electron chi connectivity index (χ4n) is 1.64. The van der Waals surface area contributed by atoms with E-state index in [1.54, 1.807) is 0 Å². The van der Waals surface area contributed by atoms with E-state index < -0.39 is 0 Å². The topological polar surface area (TPSA) is 39.6 Å². The molecule has 3 heteroatoms. The van der Waals surface area contributed by atoms with Crippen LogP contribution in [-0.4, -0.2) is 28.5 Å². The molecule has 0 aliphatic heterocycles. The van der Waals surface area contributed by atoms with E-state index in [0.29, 0.717) is 0 Å². The molecule has 0 radical (unpaired) electrons. The van der Waals surface area contributed by atoms with Gasteiger partial charge in [-0.15, -0.1) is 0 Å². The van der Waals surface area contributed by atoms with E-state index in [1.165, 1.54) is 5.70 Å². The number of allylic oxidation sites excluding steroid dienone is 3. The Labute approximate surface area is 85.3 Å². The highest BCUT2D eigenvalue weighted by Gasteiger charge is 2.19. The van der Waals surface area contributed by atoms with Crippen molar-refractivity contribution in [2.75, 3.05) is 13.1 Å². The molecular formula is C11H17N3. The molecule has 0 heterocycles. The monoisotopic (exact) mass is 191 g/mol. The van der Waals surface area contributed by atoms with E-state index >= 15 is 0 Å². The summed E-state index contributed by atoms with van der Waals surface area (Å²) in [6.45, 7) is 8.31. The Kier molecular flexibility index (Phi) is 3.66. The lowest BCUT2D eigenvalue weighted by atomic mass is 9.98. The standard InChI is InChI=1S/C11H17N3/c1-4-14(5-2)10-6-7-11(13-12)9(3)8-10/h6-9H,4-5H2,1-3H3. The van der Waals surface area contributed by atoms with Crippen LogP contribution in [0.25, 0.3) is 5.53 Å². The Bertz CT molecular complexity index is 304. The second-order valence-corrected chi connectivity index (χ2v) is 3.41. The van der Waals surface area contributed by atoms with Gasteiger partial charge < -0.3 is 10.4 Å². The van der Waals surface area contributed by atoms with Crippen molar-refractivity contribution < 1.29 is 4.79 Å². The third-order valence-corrected chi connectivity index (χ3v) is 2.56. The summed E-state index contributed by atoms with van der Waals surface area (Å²) in [6.07, 6.45) is 6.00. The molecular weight excluding hydrogens is 174 g/mol. The summed E-state index contributed by atoms with van der Waals surface area (Å²) in [4.78, 5) is 5.52. The van der Waals surface area contributed by atoms with Gasteiger partial charge in [0.15, 0.2) is 0 Å². The summed E-state index contributed by atoms with van der Waals surface area (Å²) in [5.41, 5.74) is 10.6. The molecule has 0 spiro atoms. The third-order valence-electron chi connectivity index (χ3n) is 2.56. The van der Waals surface area contributed by atoms with Crippen LogP contribution in [0.3, 0.4) is 0 Å². The second kappa shape index (κ2) is 4.77. The van der Waals surface area contributed by atoms with Crippen molar-refractivity contribution in [3.8, 4) is 0 Å². The van der Waals surface area contributed by atoms with E-state index in [-0.39, 0.29) is 5.92 Å². The second-order valence-electron chi connectivity index (χ2n) is 3.41. The van der Waals surface area contributed by atoms with Crippen LogP contribution in [0.5, 0.6) is 0 Å². The number of hydrogen-bond acceptors (Lipinski definition) is 1. The zero-order valence-corrected chi connectivity index (χ0v) is 9.07. The molecule has 1 atom stereocenters. The van der Waals surface area contributed by atoms with E-state index in [2.05, 4.69) is 29.6 Å². The van der Waals surface area contributed by atoms with Crippen LogP contribution in [0.4, 0.5) is 0 Å². The number of likely N-dealkylation sites (N-methyl/N-ethyl adjacent to an activating group) is 1. The maximum Gasteiger partial charge on any atom is 0.298 e. The average molecular weight is 191 g/mol. The van der Waals surface area contributed by atoms with Crippen molar-refractivity contribution in [2.45, 2.75) is 20.8 Å². The summed E-state index contributed by atoms with van der Waals surface area (Å²) >= 11 is 0. The van der Waals surface area contributed by atoms with Gasteiger partial charge in [0.25, 0.3) is 5.71 Å². The van der Waals surface area contributed by atoms with Gasteiger partial charge in [0.2, 0.25) is 0 Å². The Balaban J connectivity index is 2.86. The molecule has 1 aliphatic carbocycles. The molecule has 0 bridgehead atoms. The normalized spacial score (nSPS) is 20.4. The lowest BCUT2D eigenvalue weighted by molar-refractivity contribution is -0.00871. The van der Waals surface area contributed by atoms with Crippen LogP contribution in [0.15, 0.2) is 23.9 Å². The van der Waals surface area contributed by atoms with Gasteiger partial charge in [0.1, 0.15) is 0 Å². The number of hydrogen-bond donors (Lipinski definition) is 0. The smallest absolute Gasteiger partial charge is 0.298 e. The molecule has 1 rings (SSSR count). The quantitative estimate of drug-likeness (QED) is 0.497. The molecule has 0 amide bonds. The Morgan fingerprint density at radius 1 is 1.36 bits per heavy atom. The molecule has 0 aromatic carbocycles. The minimum absolute atomic E-state index is 0.195. The van der Waals surface area contributed by atoms with Crippen LogP contribution in [0.2, 0.25) is 0 Å². The Morgan fingerprint density at radius 3 is 2.43 bits per heavy atom. The van der Waals surface area contributed by atoms with Gasteiger partial charge in [-0.25, -0.2) is 0 Å². The molecule has 1 aliphatic rings. The van der Waals surface area contributed by atoms with Crippen molar-refractivity contribution in [3.63, 3.8) is 0 Å². The summed E-state index contributed by atoms with van der Waals surface area (Å²) in [6, 6.07) is 0. The SMILES string of the molecule is CCN(CC)C1=CC(C)C(=[N+]=[N-])C=C1. The van der Waals surface area contributed by atoms with Gasteiger partial charge in [0, 0.05) is 24.9 Å². The molecule has 0 saturated heterocycles. The van der Waals surface area contributed by atoms with Crippen LogP contribution >= 0.6 is 0 Å². The Morgan fingerprint density at radius 2 is 2.00 bits per heavy atom. The molecule has 14 heavy (non-hydrogen) atoms. The predicted octanol–water partition coefficient (Wildman–Crippen LogP) is 2.09. The van der Waals surface area contributed by atoms with Gasteiger partial charge in [0.05, 0.1) is 5.92 Å². The molecule has 0 aromatic rings. The molecule has 76 valence electrons. The third kappa shape index (κ3) is 2.12. The summed E-state index contributed by atoms with van der Waals surface area (Å²) < 4.78 is 0. The molecule has 0 saturated carbocycles. The zero-order chi connectivity index (χ0) is 10.6. The summed E-state index contributed by atoms with van der Waals surface area (Å²) in [7, 11) is 0. The fourth-order valence-corrected chi connectivity index (χ4v) is 1.64. The summed E-state index contributed by atoms with van der Waals surface area (Å²) in [5, 5.41) is 0. The lowest BCUT2D eigenvalue weighted by Gasteiger charge is -2.24. The highest BCUT2D eigenvalue weighted by atomic mass is 15.1. The number of nitrogens with zero attached hydrogens (tertiary/aromatic N) is 3. The zero-order valence-electron chi connectivity index (χ0n) is 9.07. The van der Waals surface area contributed by atoms with Crippen molar-refractivity contribution in [1.82, 2.24) is 4.90 Å². The van der Waals surface area contributed by atoms with Crippen molar-refractivity contribution >= 4 is 5.71 Å². The van der Waals surface area contributed by atoms with Crippen molar-refractivity contribution in [3.05, 3.63) is 29.5 Å². The first-order valence-corrected chi connectivity index (χ1v) is 5.09. The molecule has 0 fully saturated rings. The first kappa shape index (κ1) is 10.7. The van der Waals surface area contributed by atoms with Gasteiger partial charge in [-0.05, 0) is 32.9 Å². The van der Waals surface area contributed by atoms with E-state index in [9.17, 15) is 0 Å². The molecule has 3 nitrogen and oxygen atoms in total. The lowest BCUT2D eigenvalue weighted by Crippen LogP contribution is -2.24. The van der Waals surface area contributed by atoms with Crippen LogP contribution in [0, 0.1) is 5.92 Å². The average Bonchev–Trinajstić information content (AvgIpc) is 2.20. The van der Waals surface area contributed by atoms with Crippen LogP contribution in [-0.2, 0) is 0 Å². The van der Waals surface area contributed by atoms with Crippen LogP contribution < -0.4 is 0 Å². The molecule has 0 N–H and O–H groups in total. The maximum absolute atomic E-state index is 8.69. The first-order chi connectivity index (χ1) is 6.72. The predicted molar refractivity (Wildman–Crippen MR) is 57.9 cm³/mol. The largest absolute Gasteiger partial charge is 0.372 e. The molecule has 1 unspecified atom stereocenters. The van der Waals surface area contributed by atoms with E-state index in [4.69, 9.17) is 5.53 Å². The Hall–Kier alpha value is -1.34. The van der Waals surface area contributed by atoms with Gasteiger partial charge >= 0.3 is 0 Å². The molecule has 0 aromatic heterocycles. The van der Waals surface area contributed by atoms with Crippen molar-refractivity contribution in [2.24, 2.45) is 5.92 Å². The number of rotatable bonds is 3. The van der Waals surface area contributed by atoms with E-state index in [1.807, 2.05) is 19.1 Å². The minimum Gasteiger partial charge on any atom is -0.372 e. The highest BCUT2D eigenvalue weighted by molar-refractivity contribution is 5.94. The van der Waals surface area contributed by atoms with Crippen LogP contribution in [0.1, 0.15) is 20.8 Å². The fraction of sp³-hybridized carbons (Fsp3) is 0.545. The minimum atomic E-state index is 0.195. The van der Waals surface area contributed by atoms with E-state index in [0.717, 1.165) is 18.8 Å². The van der Waals surface area contributed by atoms with Gasteiger partial charge in [-0.2, -0.15) is 4.79 Å². The first-order valence-electron chi connectivity index (χ1n) is 5.09. The highest BCUT2D eigenvalue weighted by Crippen LogP contribution is 2.16. The van der Waals surface area contributed by atoms with Crippen molar-refractivity contribution in [1.29, 1.82) is 0 Å². The van der Waals surface area contributed by atoms with Gasteiger partial charge in [-0.1, -0.05) is 0 Å². The summed E-state index contributed by atoms with van der Waals surface area (Å²) in [5.74, 6) is 0.195.